The van der Waals surface area contributed by atoms with Gasteiger partial charge in [-0.1, -0.05) is 30.3 Å². The van der Waals surface area contributed by atoms with Gasteiger partial charge >= 0.3 is 0 Å². The van der Waals surface area contributed by atoms with E-state index in [0.717, 1.165) is 22.4 Å². The summed E-state index contributed by atoms with van der Waals surface area (Å²) >= 11 is 1.59. The highest BCUT2D eigenvalue weighted by molar-refractivity contribution is 7.08. The second kappa shape index (κ2) is 4.58. The highest BCUT2D eigenvalue weighted by Crippen LogP contribution is 2.24. The van der Waals surface area contributed by atoms with Gasteiger partial charge < -0.3 is 0 Å². The molecule has 1 aromatic heterocycles. The number of nitrogens with zero attached hydrogens (tertiary/aromatic N) is 2. The van der Waals surface area contributed by atoms with E-state index >= 15 is 0 Å². The quantitative estimate of drug-likeness (QED) is 0.811. The van der Waals surface area contributed by atoms with Gasteiger partial charge in [0.15, 0.2) is 0 Å². The Morgan fingerprint density at radius 3 is 2.56 bits per heavy atom. The molecule has 87 valence electrons. The van der Waals surface area contributed by atoms with Crippen molar-refractivity contribution in [2.24, 2.45) is 5.10 Å². The van der Waals surface area contributed by atoms with Crippen LogP contribution in [0.3, 0.4) is 0 Å². The molecule has 0 saturated heterocycles. The average Bonchev–Trinajstić information content (AvgIpc) is 2.93. The number of rotatable bonds is 2. The van der Waals surface area contributed by atoms with Crippen molar-refractivity contribution in [3.63, 3.8) is 0 Å². The maximum Gasteiger partial charge on any atom is 0.288 e. The Morgan fingerprint density at radius 2 is 1.83 bits per heavy atom. The van der Waals surface area contributed by atoms with Crippen LogP contribution in [0.5, 0.6) is 0 Å². The van der Waals surface area contributed by atoms with E-state index in [0.29, 0.717) is 0 Å². The molecule has 0 atom stereocenters. The summed E-state index contributed by atoms with van der Waals surface area (Å²) in [7, 11) is 0. The van der Waals surface area contributed by atoms with E-state index < -0.39 is 0 Å². The zero-order chi connectivity index (χ0) is 12.4. The first kappa shape index (κ1) is 10.9. The summed E-state index contributed by atoms with van der Waals surface area (Å²) in [5, 5.41) is 8.03. The maximum atomic E-state index is 11.4. The fourth-order valence-corrected chi connectivity index (χ4v) is 2.48. The van der Waals surface area contributed by atoms with Crippen molar-refractivity contribution in [3.8, 4) is 0 Å². The summed E-state index contributed by atoms with van der Waals surface area (Å²) in [5.41, 5.74) is 7.17. The highest BCUT2D eigenvalue weighted by Gasteiger charge is 2.19. The molecule has 1 aliphatic rings. The topological polar surface area (TPSA) is 43.5 Å². The van der Waals surface area contributed by atoms with E-state index in [1.165, 1.54) is 6.08 Å². The van der Waals surface area contributed by atoms with Gasteiger partial charge in [-0.25, -0.2) is 0 Å². The Kier molecular flexibility index (Phi) is 2.78. The van der Waals surface area contributed by atoms with E-state index in [2.05, 4.69) is 10.5 Å². The minimum atomic E-state index is -0.309. The van der Waals surface area contributed by atoms with E-state index in [1.807, 2.05) is 47.2 Å². The molecule has 0 fully saturated rings. The van der Waals surface area contributed by atoms with Gasteiger partial charge in [0.2, 0.25) is 0 Å². The largest absolute Gasteiger partial charge is 0.288 e. The third kappa shape index (κ3) is 1.98. The monoisotopic (exact) mass is 253 g/mol. The van der Waals surface area contributed by atoms with Gasteiger partial charge in [0, 0.05) is 17.2 Å². The minimum absolute atomic E-state index is 0.309. The Balaban J connectivity index is 2.09. The molecule has 3 rings (SSSR count). The summed E-state index contributed by atoms with van der Waals surface area (Å²) in [4.78, 5) is 11.4. The van der Waals surface area contributed by atoms with Crippen molar-refractivity contribution in [1.29, 1.82) is 0 Å². The van der Waals surface area contributed by atoms with Crippen LogP contribution in [0.25, 0.3) is 5.57 Å². The average molecular weight is 253 g/mol. The molecule has 2 aromatic rings. The van der Waals surface area contributed by atoms with Crippen LogP contribution in [-0.4, -0.2) is 11.6 Å². The number of thiophene rings is 1. The molecule has 1 radical (unpaired) electrons. The van der Waals surface area contributed by atoms with Crippen molar-refractivity contribution >= 4 is 28.5 Å². The zero-order valence-corrected chi connectivity index (χ0v) is 10.2. The molecule has 3 nitrogen and oxygen atoms in total. The van der Waals surface area contributed by atoms with Crippen LogP contribution in [0.15, 0.2) is 58.3 Å². The lowest BCUT2D eigenvalue weighted by Crippen LogP contribution is -2.19. The predicted molar refractivity (Wildman–Crippen MR) is 72.4 cm³/mol. The van der Waals surface area contributed by atoms with Gasteiger partial charge in [-0.2, -0.15) is 11.3 Å². The molecule has 0 saturated carbocycles. The first-order valence-electron chi connectivity index (χ1n) is 5.47. The fourth-order valence-electron chi connectivity index (χ4n) is 1.82. The molecule has 1 aliphatic heterocycles. The molecule has 0 N–H and O–H groups in total. The number of benzene rings is 1. The van der Waals surface area contributed by atoms with Crippen LogP contribution in [-0.2, 0) is 4.79 Å². The Labute approximate surface area is 108 Å². The molecule has 0 bridgehead atoms. The normalized spacial score (nSPS) is 14.8. The van der Waals surface area contributed by atoms with Crippen molar-refractivity contribution in [1.82, 2.24) is 5.43 Å². The zero-order valence-electron chi connectivity index (χ0n) is 9.41. The van der Waals surface area contributed by atoms with Crippen molar-refractivity contribution in [2.75, 3.05) is 0 Å². The van der Waals surface area contributed by atoms with E-state index in [4.69, 9.17) is 0 Å². The highest BCUT2D eigenvalue weighted by atomic mass is 32.1. The lowest BCUT2D eigenvalue weighted by atomic mass is 9.97. The number of allylic oxidation sites excluding steroid dienone is 1. The minimum Gasteiger partial charge on any atom is -0.266 e. The number of hydrogen-bond donors (Lipinski definition) is 0. The van der Waals surface area contributed by atoms with E-state index in [-0.39, 0.29) is 5.91 Å². The maximum absolute atomic E-state index is 11.4. The molecular formula is C14H9N2OS. The van der Waals surface area contributed by atoms with Gasteiger partial charge in [0.25, 0.3) is 5.91 Å². The van der Waals surface area contributed by atoms with Crippen LogP contribution in [0.1, 0.15) is 11.1 Å². The summed E-state index contributed by atoms with van der Waals surface area (Å²) in [6.45, 7) is 0. The smallest absolute Gasteiger partial charge is 0.266 e. The van der Waals surface area contributed by atoms with Gasteiger partial charge in [-0.15, -0.1) is 10.5 Å². The fraction of sp³-hybridized carbons (Fsp3) is 0. The molecule has 0 spiro atoms. The summed E-state index contributed by atoms with van der Waals surface area (Å²) in [6, 6.07) is 11.7. The molecule has 0 unspecified atom stereocenters. The van der Waals surface area contributed by atoms with Crippen LogP contribution < -0.4 is 5.43 Å². The van der Waals surface area contributed by atoms with Crippen LogP contribution >= 0.6 is 11.3 Å². The van der Waals surface area contributed by atoms with Crippen molar-refractivity contribution in [3.05, 3.63) is 64.4 Å². The third-order valence-corrected chi connectivity index (χ3v) is 3.33. The lowest BCUT2D eigenvalue weighted by molar-refractivity contribution is -0.116. The Hall–Kier alpha value is -2.20. The molecule has 1 amide bonds. The number of hydrogen-bond acceptors (Lipinski definition) is 3. The molecule has 4 heteroatoms. The predicted octanol–water partition coefficient (Wildman–Crippen LogP) is 2.68. The summed E-state index contributed by atoms with van der Waals surface area (Å²) in [6.07, 6.45) is 1.54. The summed E-state index contributed by atoms with van der Waals surface area (Å²) in [5.74, 6) is -0.309. The van der Waals surface area contributed by atoms with Crippen LogP contribution in [0.2, 0.25) is 0 Å². The second-order valence-electron chi connectivity index (χ2n) is 3.82. The number of carbonyl (C=O) groups is 1. The standard InChI is InChI=1S/C14H9N2OS/c17-13-8-12(11-6-7-18-9-11)14(16-15-13)10-4-2-1-3-5-10/h1-9H. The Bertz CT molecular complexity index is 627. The van der Waals surface area contributed by atoms with Crippen molar-refractivity contribution < 1.29 is 4.79 Å². The first-order valence-corrected chi connectivity index (χ1v) is 6.41. The molecule has 0 aliphatic carbocycles. The molecule has 18 heavy (non-hydrogen) atoms. The molecule has 1 aromatic carbocycles. The third-order valence-electron chi connectivity index (χ3n) is 2.65. The van der Waals surface area contributed by atoms with Gasteiger partial charge in [0.1, 0.15) is 5.71 Å². The molecule has 2 heterocycles. The number of carbonyl (C=O) groups excluding carboxylic acids is 1. The van der Waals surface area contributed by atoms with Gasteiger partial charge in [-0.3, -0.25) is 4.79 Å². The van der Waals surface area contributed by atoms with Gasteiger partial charge in [-0.05, 0) is 22.4 Å². The van der Waals surface area contributed by atoms with Crippen LogP contribution in [0, 0.1) is 0 Å². The first-order chi connectivity index (χ1) is 8.84. The molecular weight excluding hydrogens is 244 g/mol. The SMILES string of the molecule is O=C1C=C(c2ccsc2)C(c2ccccc2)=N[N]1. The lowest BCUT2D eigenvalue weighted by Gasteiger charge is -2.12. The second-order valence-corrected chi connectivity index (χ2v) is 4.60. The summed E-state index contributed by atoms with van der Waals surface area (Å²) < 4.78 is 0. The van der Waals surface area contributed by atoms with Crippen LogP contribution in [0.4, 0.5) is 0 Å². The Morgan fingerprint density at radius 1 is 1.00 bits per heavy atom. The number of amides is 1. The van der Waals surface area contributed by atoms with E-state index in [9.17, 15) is 4.79 Å². The van der Waals surface area contributed by atoms with Gasteiger partial charge in [0.05, 0.1) is 0 Å². The van der Waals surface area contributed by atoms with Crippen molar-refractivity contribution in [2.45, 2.75) is 0 Å². The van der Waals surface area contributed by atoms with E-state index in [1.54, 1.807) is 11.3 Å².